The Hall–Kier alpha value is -0.610. The minimum Gasteiger partial charge on any atom is -0.461 e. The van der Waals surface area contributed by atoms with Gasteiger partial charge in [-0.05, 0) is 12.8 Å². The number of hydrogen-bond acceptors (Lipinski definition) is 2. The van der Waals surface area contributed by atoms with Crippen LogP contribution in [0.2, 0.25) is 0 Å². The van der Waals surface area contributed by atoms with Crippen LogP contribution >= 0.6 is 10.9 Å². The topological polar surface area (TPSA) is 52.3 Å². The molecule has 0 amide bonds. The Morgan fingerprint density at radius 3 is 2.78 bits per heavy atom. The first-order valence-corrected chi connectivity index (χ1v) is 3.42. The average Bonchev–Trinajstić information content (AvgIpc) is 1.87. The highest BCUT2D eigenvalue weighted by atomic mass is 32.1. The largest absolute Gasteiger partial charge is 0.461 e. The van der Waals surface area contributed by atoms with Crippen molar-refractivity contribution >= 4 is 27.8 Å². The van der Waals surface area contributed by atoms with Crippen LogP contribution < -0.4 is 5.73 Å². The molecule has 0 unspecified atom stereocenters. The molecule has 0 aliphatic rings. The van der Waals surface area contributed by atoms with Crippen molar-refractivity contribution in [2.24, 2.45) is 5.73 Å². The molecule has 0 aromatic rings. The summed E-state index contributed by atoms with van der Waals surface area (Å²) >= 11 is 0. The summed E-state index contributed by atoms with van der Waals surface area (Å²) in [5, 5.41) is 0. The Balaban J connectivity index is 3.89. The third kappa shape index (κ3) is 3.05. The summed E-state index contributed by atoms with van der Waals surface area (Å²) in [5.74, 6) is 2.85. The van der Waals surface area contributed by atoms with E-state index in [1.165, 1.54) is 0 Å². The molecule has 3 nitrogen and oxygen atoms in total. The SMILES string of the molecule is C=S=C(N)C(=O)OCC. The highest BCUT2D eigenvalue weighted by molar-refractivity contribution is 7.97. The zero-order valence-electron chi connectivity index (χ0n) is 5.22. The van der Waals surface area contributed by atoms with Crippen molar-refractivity contribution in [2.45, 2.75) is 6.92 Å². The molecule has 0 spiro atoms. The van der Waals surface area contributed by atoms with Crippen LogP contribution in [0.1, 0.15) is 6.92 Å². The maximum absolute atomic E-state index is 10.5. The van der Waals surface area contributed by atoms with Gasteiger partial charge in [-0.1, -0.05) is 0 Å². The van der Waals surface area contributed by atoms with Gasteiger partial charge in [0.05, 0.1) is 6.61 Å². The zero-order valence-corrected chi connectivity index (χ0v) is 6.03. The van der Waals surface area contributed by atoms with Crippen LogP contribution in [0.5, 0.6) is 0 Å². The van der Waals surface area contributed by atoms with Crippen molar-refractivity contribution in [2.75, 3.05) is 6.61 Å². The van der Waals surface area contributed by atoms with Crippen molar-refractivity contribution in [1.82, 2.24) is 0 Å². The van der Waals surface area contributed by atoms with Gasteiger partial charge < -0.3 is 4.74 Å². The van der Waals surface area contributed by atoms with Gasteiger partial charge in [0, 0.05) is 0 Å². The van der Waals surface area contributed by atoms with Crippen molar-refractivity contribution in [3.8, 4) is 0 Å². The number of hydrogen-bond donors (Lipinski definition) is 1. The van der Waals surface area contributed by atoms with Crippen LogP contribution in [0.25, 0.3) is 0 Å². The molecule has 0 atom stereocenters. The van der Waals surface area contributed by atoms with Crippen molar-refractivity contribution in [3.63, 3.8) is 0 Å². The quantitative estimate of drug-likeness (QED) is 0.413. The van der Waals surface area contributed by atoms with E-state index in [9.17, 15) is 4.79 Å². The van der Waals surface area contributed by atoms with E-state index in [0.29, 0.717) is 6.61 Å². The molecule has 0 aliphatic carbocycles. The molecule has 0 aromatic carbocycles. The second-order valence-corrected chi connectivity index (χ2v) is 1.96. The monoisotopic (exact) mass is 147 g/mol. The fraction of sp³-hybridized carbons (Fsp3) is 0.400. The van der Waals surface area contributed by atoms with E-state index in [2.05, 4.69) is 10.6 Å². The molecule has 9 heavy (non-hydrogen) atoms. The van der Waals surface area contributed by atoms with Gasteiger partial charge in [-0.2, -0.15) is 0 Å². The first-order valence-electron chi connectivity index (χ1n) is 2.44. The molecule has 52 valence electrons. The number of esters is 1. The summed E-state index contributed by atoms with van der Waals surface area (Å²) in [7, 11) is 0.943. The molecule has 0 fully saturated rings. The van der Waals surface area contributed by atoms with E-state index in [-0.39, 0.29) is 4.99 Å². The van der Waals surface area contributed by atoms with Crippen LogP contribution in [0, 0.1) is 0 Å². The van der Waals surface area contributed by atoms with E-state index in [1.807, 2.05) is 0 Å². The normalized spacial score (nSPS) is 8.22. The second-order valence-electron chi connectivity index (χ2n) is 1.23. The molecule has 0 heterocycles. The van der Waals surface area contributed by atoms with Crippen molar-refractivity contribution in [1.29, 1.82) is 0 Å². The van der Waals surface area contributed by atoms with Crippen LogP contribution in [-0.2, 0) is 9.53 Å². The summed E-state index contributed by atoms with van der Waals surface area (Å²) in [5.41, 5.74) is 5.15. The van der Waals surface area contributed by atoms with E-state index in [1.54, 1.807) is 6.92 Å². The molecule has 0 radical (unpaired) electrons. The van der Waals surface area contributed by atoms with Gasteiger partial charge in [0.1, 0.15) is 0 Å². The van der Waals surface area contributed by atoms with Crippen LogP contribution in [0.15, 0.2) is 0 Å². The molecule has 2 N–H and O–H groups in total. The standard InChI is InChI=1S/C5H9NO2S/c1-3-8-5(7)4(6)9-2/h2-3,6H2,1H3. The number of ether oxygens (including phenoxy) is 1. The third-order valence-corrected chi connectivity index (χ3v) is 1.11. The zero-order chi connectivity index (χ0) is 7.28. The lowest BCUT2D eigenvalue weighted by Gasteiger charge is -1.96. The molecule has 0 rings (SSSR count). The van der Waals surface area contributed by atoms with E-state index < -0.39 is 5.97 Å². The summed E-state index contributed by atoms with van der Waals surface area (Å²) in [4.78, 5) is 10.6. The van der Waals surface area contributed by atoms with Crippen LogP contribution in [0.4, 0.5) is 0 Å². The van der Waals surface area contributed by atoms with E-state index in [0.717, 1.165) is 10.9 Å². The minimum absolute atomic E-state index is 0.0943. The molecule has 4 heteroatoms. The maximum atomic E-state index is 10.5. The highest BCUT2D eigenvalue weighted by Gasteiger charge is 2.01. The Kier molecular flexibility index (Phi) is 4.00. The molecule has 0 aromatic heterocycles. The molecular weight excluding hydrogens is 138 g/mol. The Morgan fingerprint density at radius 2 is 2.44 bits per heavy atom. The predicted octanol–water partition coefficient (Wildman–Crippen LogP) is -0.197. The van der Waals surface area contributed by atoms with Gasteiger partial charge in [0.25, 0.3) is 0 Å². The van der Waals surface area contributed by atoms with Gasteiger partial charge in [0.15, 0.2) is 4.99 Å². The smallest absolute Gasteiger partial charge is 0.359 e. The number of carbonyl (C=O) groups is 1. The molecule has 0 saturated carbocycles. The summed E-state index contributed by atoms with van der Waals surface area (Å²) < 4.78 is 4.53. The van der Waals surface area contributed by atoms with Gasteiger partial charge >= 0.3 is 5.97 Å². The predicted molar refractivity (Wildman–Crippen MR) is 40.5 cm³/mol. The van der Waals surface area contributed by atoms with Gasteiger partial charge in [-0.3, -0.25) is 5.73 Å². The molecule has 0 saturated heterocycles. The average molecular weight is 147 g/mol. The minimum atomic E-state index is -0.488. The van der Waals surface area contributed by atoms with Gasteiger partial charge in [-0.15, -0.1) is 10.9 Å². The third-order valence-electron chi connectivity index (χ3n) is 0.632. The van der Waals surface area contributed by atoms with Gasteiger partial charge in [-0.25, -0.2) is 4.79 Å². The summed E-state index contributed by atoms with van der Waals surface area (Å²) in [6, 6.07) is 0. The summed E-state index contributed by atoms with van der Waals surface area (Å²) in [6.45, 7) is 2.07. The van der Waals surface area contributed by atoms with E-state index in [4.69, 9.17) is 5.73 Å². The Bertz CT molecular complexity index is 160. The first kappa shape index (κ1) is 8.39. The maximum Gasteiger partial charge on any atom is 0.359 e. The fourth-order valence-corrected chi connectivity index (χ4v) is 0.438. The molecular formula is C5H9NO2S. The van der Waals surface area contributed by atoms with Gasteiger partial charge in [0.2, 0.25) is 0 Å². The highest BCUT2D eigenvalue weighted by Crippen LogP contribution is 1.78. The molecule has 0 bridgehead atoms. The Labute approximate surface area is 57.3 Å². The van der Waals surface area contributed by atoms with Crippen LogP contribution in [0.3, 0.4) is 0 Å². The molecule has 0 aliphatic heterocycles. The number of nitrogens with two attached hydrogens (primary N) is 1. The van der Waals surface area contributed by atoms with Crippen molar-refractivity contribution in [3.05, 3.63) is 0 Å². The summed E-state index contributed by atoms with van der Waals surface area (Å²) in [6.07, 6.45) is 0. The van der Waals surface area contributed by atoms with Crippen LogP contribution in [-0.4, -0.2) is 23.4 Å². The first-order chi connectivity index (χ1) is 4.22. The van der Waals surface area contributed by atoms with E-state index >= 15 is 0 Å². The lowest BCUT2D eigenvalue weighted by Crippen LogP contribution is -2.23. The number of rotatable bonds is 1. The second kappa shape index (κ2) is 4.29. The Morgan fingerprint density at radius 1 is 1.89 bits per heavy atom. The number of carbonyl (C=O) groups excluding carboxylic acids is 1. The fourth-order valence-electron chi connectivity index (χ4n) is 0.261. The van der Waals surface area contributed by atoms with Crippen molar-refractivity contribution < 1.29 is 9.53 Å². The lowest BCUT2D eigenvalue weighted by atomic mass is 10.7. The lowest BCUT2D eigenvalue weighted by molar-refractivity contribution is -0.134.